The zero-order valence-corrected chi connectivity index (χ0v) is 9.62. The minimum absolute atomic E-state index is 0.0834. The second-order valence-electron chi connectivity index (χ2n) is 3.58. The fraction of sp³-hybridized carbons (Fsp3) is 0.250. The van der Waals surface area contributed by atoms with Gasteiger partial charge in [0.2, 0.25) is 5.91 Å². The third-order valence-electron chi connectivity index (χ3n) is 2.56. The molecule has 2 nitrogen and oxygen atoms in total. The lowest BCUT2D eigenvalue weighted by Crippen LogP contribution is -2.31. The molecular formula is C12H13NOS. The molecule has 1 aliphatic heterocycles. The second kappa shape index (κ2) is 4.11. The van der Waals surface area contributed by atoms with Crippen molar-refractivity contribution >= 4 is 17.7 Å². The van der Waals surface area contributed by atoms with Crippen LogP contribution >= 0.6 is 11.8 Å². The first kappa shape index (κ1) is 10.3. The van der Waals surface area contributed by atoms with Gasteiger partial charge < -0.3 is 4.90 Å². The monoisotopic (exact) mass is 219 g/mol. The van der Waals surface area contributed by atoms with Crippen LogP contribution in [0.4, 0.5) is 0 Å². The number of hydrogen-bond acceptors (Lipinski definition) is 2. The van der Waals surface area contributed by atoms with Gasteiger partial charge in [-0.2, -0.15) is 0 Å². The summed E-state index contributed by atoms with van der Waals surface area (Å²) in [5.41, 5.74) is 2.08. The number of amides is 1. The number of hydrogen-bond donors (Lipinski definition) is 0. The first-order chi connectivity index (χ1) is 7.20. The molecule has 1 aromatic rings. The molecule has 0 aromatic heterocycles. The number of rotatable bonds is 1. The first-order valence-electron chi connectivity index (χ1n) is 4.85. The fourth-order valence-corrected chi connectivity index (χ4v) is 2.58. The molecule has 1 aromatic carbocycles. The summed E-state index contributed by atoms with van der Waals surface area (Å²) < 4.78 is 0. The number of likely N-dealkylation sites (N-methyl/N-ethyl adjacent to an activating group) is 1. The van der Waals surface area contributed by atoms with Crippen LogP contribution in [0, 0.1) is 0 Å². The van der Waals surface area contributed by atoms with Gasteiger partial charge in [0.25, 0.3) is 0 Å². The zero-order valence-electron chi connectivity index (χ0n) is 8.81. The largest absolute Gasteiger partial charge is 0.318 e. The molecule has 1 atom stereocenters. The van der Waals surface area contributed by atoms with Crippen molar-refractivity contribution < 1.29 is 4.79 Å². The maximum atomic E-state index is 12.0. The Morgan fingerprint density at radius 1 is 1.27 bits per heavy atom. The molecule has 0 saturated heterocycles. The Morgan fingerprint density at radius 2 is 1.93 bits per heavy atom. The number of nitrogens with zero attached hydrogens (tertiary/aromatic N) is 1. The van der Waals surface area contributed by atoms with Crippen LogP contribution in [0.15, 0.2) is 41.4 Å². The van der Waals surface area contributed by atoms with Crippen LogP contribution in [0.1, 0.15) is 17.7 Å². The van der Waals surface area contributed by atoms with Crippen molar-refractivity contribution in [1.82, 2.24) is 4.90 Å². The van der Waals surface area contributed by atoms with E-state index in [-0.39, 0.29) is 11.2 Å². The van der Waals surface area contributed by atoms with Crippen LogP contribution < -0.4 is 0 Å². The number of thioether (sulfide) groups is 1. The van der Waals surface area contributed by atoms with Crippen LogP contribution in [-0.2, 0) is 4.79 Å². The second-order valence-corrected chi connectivity index (χ2v) is 4.56. The third-order valence-corrected chi connectivity index (χ3v) is 3.78. The highest BCUT2D eigenvalue weighted by molar-refractivity contribution is 8.03. The lowest BCUT2D eigenvalue weighted by atomic mass is 10.1. The van der Waals surface area contributed by atoms with Crippen LogP contribution in [0.5, 0.6) is 0 Å². The summed E-state index contributed by atoms with van der Waals surface area (Å²) in [7, 11) is 1.82. The molecule has 0 N–H and O–H groups in total. The molecule has 1 heterocycles. The molecule has 78 valence electrons. The summed E-state index contributed by atoms with van der Waals surface area (Å²) in [5.74, 6) is 0.159. The van der Waals surface area contributed by atoms with E-state index in [9.17, 15) is 4.79 Å². The van der Waals surface area contributed by atoms with E-state index in [1.807, 2.05) is 49.7 Å². The van der Waals surface area contributed by atoms with E-state index < -0.39 is 0 Å². The molecule has 0 aliphatic carbocycles. The Morgan fingerprint density at radius 3 is 2.60 bits per heavy atom. The van der Waals surface area contributed by atoms with Crippen LogP contribution in [0.3, 0.4) is 0 Å². The third kappa shape index (κ3) is 1.92. The maximum absolute atomic E-state index is 12.0. The number of benzene rings is 1. The SMILES string of the molecule is CC1=CSC(c2ccccc2)C(=O)N1C. The number of carbonyl (C=O) groups is 1. The Bertz CT molecular complexity index is 399. The summed E-state index contributed by atoms with van der Waals surface area (Å²) in [4.78, 5) is 13.7. The quantitative estimate of drug-likeness (QED) is 0.724. The summed E-state index contributed by atoms with van der Waals surface area (Å²) in [6, 6.07) is 9.89. The smallest absolute Gasteiger partial charge is 0.244 e. The predicted molar refractivity (Wildman–Crippen MR) is 63.3 cm³/mol. The van der Waals surface area contributed by atoms with E-state index >= 15 is 0 Å². The van der Waals surface area contributed by atoms with Gasteiger partial charge in [-0.3, -0.25) is 4.79 Å². The maximum Gasteiger partial charge on any atom is 0.244 e. The molecule has 1 aliphatic rings. The molecule has 3 heteroatoms. The Kier molecular flexibility index (Phi) is 2.82. The first-order valence-corrected chi connectivity index (χ1v) is 5.79. The highest BCUT2D eigenvalue weighted by atomic mass is 32.2. The highest BCUT2D eigenvalue weighted by Crippen LogP contribution is 2.36. The highest BCUT2D eigenvalue weighted by Gasteiger charge is 2.27. The molecule has 1 amide bonds. The average Bonchev–Trinajstić information content (AvgIpc) is 2.27. The van der Waals surface area contributed by atoms with E-state index in [0.29, 0.717) is 0 Å². The molecule has 0 radical (unpaired) electrons. The Labute approximate surface area is 94.0 Å². The van der Waals surface area contributed by atoms with Crippen molar-refractivity contribution in [3.05, 3.63) is 47.0 Å². The Balaban J connectivity index is 2.30. The molecule has 1 unspecified atom stereocenters. The molecule has 0 bridgehead atoms. The van der Waals surface area contributed by atoms with E-state index in [2.05, 4.69) is 0 Å². The number of carbonyl (C=O) groups excluding carboxylic acids is 1. The van der Waals surface area contributed by atoms with Crippen molar-refractivity contribution in [2.45, 2.75) is 12.2 Å². The molecule has 15 heavy (non-hydrogen) atoms. The van der Waals surface area contributed by atoms with Crippen LogP contribution in [0.25, 0.3) is 0 Å². The van der Waals surface area contributed by atoms with Gasteiger partial charge in [0.05, 0.1) is 0 Å². The molecular weight excluding hydrogens is 206 g/mol. The van der Waals surface area contributed by atoms with E-state index in [1.165, 1.54) is 0 Å². The average molecular weight is 219 g/mol. The van der Waals surface area contributed by atoms with Crippen molar-refractivity contribution in [3.63, 3.8) is 0 Å². The van der Waals surface area contributed by atoms with Gasteiger partial charge in [-0.25, -0.2) is 0 Å². The van der Waals surface area contributed by atoms with Crippen molar-refractivity contribution in [3.8, 4) is 0 Å². The van der Waals surface area contributed by atoms with Gasteiger partial charge in [0.15, 0.2) is 0 Å². The lowest BCUT2D eigenvalue weighted by Gasteiger charge is -2.28. The summed E-state index contributed by atoms with van der Waals surface area (Å²) in [6.45, 7) is 1.95. The summed E-state index contributed by atoms with van der Waals surface area (Å²) in [5, 5.41) is 1.96. The molecule has 0 saturated carbocycles. The summed E-state index contributed by atoms with van der Waals surface area (Å²) >= 11 is 1.58. The van der Waals surface area contributed by atoms with Crippen molar-refractivity contribution in [2.75, 3.05) is 7.05 Å². The van der Waals surface area contributed by atoms with Crippen molar-refractivity contribution in [2.24, 2.45) is 0 Å². The molecule has 0 spiro atoms. The van der Waals surface area contributed by atoms with Gasteiger partial charge in [-0.05, 0) is 17.9 Å². The van der Waals surface area contributed by atoms with Gasteiger partial charge in [0.1, 0.15) is 5.25 Å². The normalized spacial score (nSPS) is 21.5. The number of allylic oxidation sites excluding steroid dienone is 1. The predicted octanol–water partition coefficient (Wildman–Crippen LogP) is 2.79. The van der Waals surface area contributed by atoms with E-state index in [0.717, 1.165) is 11.3 Å². The van der Waals surface area contributed by atoms with Crippen LogP contribution in [0.2, 0.25) is 0 Å². The fourth-order valence-electron chi connectivity index (χ4n) is 1.50. The summed E-state index contributed by atoms with van der Waals surface area (Å²) in [6.07, 6.45) is 0. The van der Waals surface area contributed by atoms with Gasteiger partial charge in [-0.15, -0.1) is 11.8 Å². The zero-order chi connectivity index (χ0) is 10.8. The lowest BCUT2D eigenvalue weighted by molar-refractivity contribution is -0.127. The van der Waals surface area contributed by atoms with Crippen molar-refractivity contribution in [1.29, 1.82) is 0 Å². The van der Waals surface area contributed by atoms with Gasteiger partial charge >= 0.3 is 0 Å². The van der Waals surface area contributed by atoms with E-state index in [4.69, 9.17) is 0 Å². The van der Waals surface area contributed by atoms with Gasteiger partial charge in [-0.1, -0.05) is 30.3 Å². The van der Waals surface area contributed by atoms with Gasteiger partial charge in [0, 0.05) is 12.7 Å². The Hall–Kier alpha value is -1.22. The standard InChI is InChI=1S/C12H13NOS/c1-9-8-15-11(12(14)13(9)2)10-6-4-3-5-7-10/h3-8,11H,1-2H3. The minimum atomic E-state index is -0.0834. The topological polar surface area (TPSA) is 20.3 Å². The van der Waals surface area contributed by atoms with E-state index in [1.54, 1.807) is 16.7 Å². The molecule has 0 fully saturated rings. The molecule has 2 rings (SSSR count). The minimum Gasteiger partial charge on any atom is -0.318 e. The van der Waals surface area contributed by atoms with Crippen LogP contribution in [-0.4, -0.2) is 17.9 Å².